The molecule has 0 spiro atoms. The number of amides is 1. The molecule has 106 valence electrons. The van der Waals surface area contributed by atoms with Crippen LogP contribution < -0.4 is 15.8 Å². The van der Waals surface area contributed by atoms with Crippen molar-refractivity contribution in [2.24, 2.45) is 21.0 Å². The Morgan fingerprint density at radius 2 is 1.95 bits per heavy atom. The Kier molecular flexibility index (Phi) is 3.61. The van der Waals surface area contributed by atoms with Crippen molar-refractivity contribution in [3.05, 3.63) is 24.3 Å². The third-order valence-corrected chi connectivity index (χ3v) is 3.75. The number of azo groups is 1. The number of hydrogen-bond donors (Lipinski definition) is 3. The lowest BCUT2D eigenvalue weighted by molar-refractivity contribution is -0.114. The lowest BCUT2D eigenvalue weighted by Crippen LogP contribution is -2.51. The zero-order chi connectivity index (χ0) is 14.8. The van der Waals surface area contributed by atoms with Crippen molar-refractivity contribution in [3.63, 3.8) is 0 Å². The fourth-order valence-electron chi connectivity index (χ4n) is 1.48. The molecule has 2 rings (SSSR count). The number of nitrogens with one attached hydrogen (secondary N) is 2. The Morgan fingerprint density at radius 1 is 1.30 bits per heavy atom. The van der Waals surface area contributed by atoms with Crippen LogP contribution in [0, 0.1) is 0 Å². The summed E-state index contributed by atoms with van der Waals surface area (Å²) in [4.78, 5) is 14.4. The summed E-state index contributed by atoms with van der Waals surface area (Å²) in [5.41, 5.74) is 6.06. The third kappa shape index (κ3) is 3.23. The number of carbonyl (C=O) groups is 1. The van der Waals surface area contributed by atoms with Crippen LogP contribution in [0.2, 0.25) is 0 Å². The molecule has 0 aromatic heterocycles. The minimum atomic E-state index is -3.90. The number of benzene rings is 1. The molecule has 9 nitrogen and oxygen atoms in total. The minimum Gasteiger partial charge on any atom is -0.326 e. The van der Waals surface area contributed by atoms with E-state index >= 15 is 0 Å². The first kappa shape index (κ1) is 14.2. The van der Waals surface area contributed by atoms with Crippen LogP contribution in [0.25, 0.3) is 0 Å². The van der Waals surface area contributed by atoms with Crippen LogP contribution in [-0.2, 0) is 14.8 Å². The van der Waals surface area contributed by atoms with E-state index in [0.29, 0.717) is 5.69 Å². The number of sulfonamides is 1. The van der Waals surface area contributed by atoms with E-state index in [2.05, 4.69) is 25.3 Å². The van der Waals surface area contributed by atoms with Gasteiger partial charge in [0.15, 0.2) is 0 Å². The van der Waals surface area contributed by atoms with Crippen molar-refractivity contribution >= 4 is 28.0 Å². The number of rotatable bonds is 4. The number of anilines is 1. The van der Waals surface area contributed by atoms with Gasteiger partial charge in [-0.2, -0.15) is 4.72 Å². The molecule has 1 heterocycles. The van der Waals surface area contributed by atoms with Crippen LogP contribution in [0.15, 0.2) is 44.4 Å². The zero-order valence-corrected chi connectivity index (χ0v) is 11.3. The van der Waals surface area contributed by atoms with Crippen LogP contribution >= 0.6 is 0 Å². The smallest absolute Gasteiger partial charge is 0.295 e. The second kappa shape index (κ2) is 5.07. The van der Waals surface area contributed by atoms with E-state index < -0.39 is 15.9 Å². The summed E-state index contributed by atoms with van der Waals surface area (Å²) in [5, 5.41) is 9.39. The number of hydrogen-bond acceptors (Lipinski definition) is 7. The molecule has 1 aliphatic rings. The number of aliphatic imine (C=N–C) groups is 1. The van der Waals surface area contributed by atoms with Crippen LogP contribution in [0.4, 0.5) is 5.69 Å². The van der Waals surface area contributed by atoms with E-state index in [1.54, 1.807) is 0 Å². The van der Waals surface area contributed by atoms with Gasteiger partial charge in [-0.05, 0) is 24.3 Å². The van der Waals surface area contributed by atoms with E-state index in [-0.39, 0.29) is 10.8 Å². The van der Waals surface area contributed by atoms with Crippen molar-refractivity contribution in [2.75, 3.05) is 5.32 Å². The maximum Gasteiger partial charge on any atom is 0.295 e. The average molecular weight is 296 g/mol. The Bertz CT molecular complexity index is 667. The summed E-state index contributed by atoms with van der Waals surface area (Å²) >= 11 is 0. The molecule has 1 aromatic rings. The van der Waals surface area contributed by atoms with E-state index in [0.717, 1.165) is 6.34 Å². The van der Waals surface area contributed by atoms with E-state index in [4.69, 9.17) is 5.73 Å². The molecule has 4 N–H and O–H groups in total. The van der Waals surface area contributed by atoms with Gasteiger partial charge in [-0.3, -0.25) is 10.5 Å². The van der Waals surface area contributed by atoms with Crippen molar-refractivity contribution < 1.29 is 13.2 Å². The van der Waals surface area contributed by atoms with E-state index in [1.807, 2.05) is 0 Å². The van der Waals surface area contributed by atoms with Crippen LogP contribution in [0.1, 0.15) is 6.92 Å². The third-order valence-electron chi connectivity index (χ3n) is 2.29. The molecule has 1 atom stereocenters. The second-order valence-electron chi connectivity index (χ2n) is 4.00. The van der Waals surface area contributed by atoms with Gasteiger partial charge in [0.25, 0.3) is 5.91 Å². The summed E-state index contributed by atoms with van der Waals surface area (Å²) in [6.45, 7) is 1.35. The molecule has 1 unspecified atom stereocenters. The molecule has 0 saturated heterocycles. The van der Waals surface area contributed by atoms with E-state index in [9.17, 15) is 13.2 Å². The first-order valence-corrected chi connectivity index (χ1v) is 6.95. The predicted molar refractivity (Wildman–Crippen MR) is 71.3 cm³/mol. The fraction of sp³-hybridized carbons (Fsp3) is 0.200. The van der Waals surface area contributed by atoms with Crippen molar-refractivity contribution in [2.45, 2.75) is 17.7 Å². The van der Waals surface area contributed by atoms with Gasteiger partial charge in [-0.25, -0.2) is 13.4 Å². The summed E-state index contributed by atoms with van der Waals surface area (Å²) in [5.74, 6) is -2.06. The molecule has 0 bridgehead atoms. The van der Waals surface area contributed by atoms with Crippen LogP contribution in [0.5, 0.6) is 0 Å². The second-order valence-corrected chi connectivity index (χ2v) is 5.68. The molecular formula is C10H12N6O3S. The number of carbonyl (C=O) groups excluding carboxylic acids is 1. The first-order chi connectivity index (χ1) is 9.31. The molecule has 1 aliphatic heterocycles. The predicted octanol–water partition coefficient (Wildman–Crippen LogP) is -0.0126. The summed E-state index contributed by atoms with van der Waals surface area (Å²) in [6.07, 6.45) is 1.06. The van der Waals surface area contributed by atoms with Gasteiger partial charge in [0.1, 0.15) is 6.34 Å². The van der Waals surface area contributed by atoms with Gasteiger partial charge in [-0.1, -0.05) is 0 Å². The molecular weight excluding hydrogens is 284 g/mol. The Hall–Kier alpha value is -2.17. The Morgan fingerprint density at radius 3 is 2.45 bits per heavy atom. The molecule has 0 saturated carbocycles. The molecule has 1 aromatic carbocycles. The zero-order valence-electron chi connectivity index (χ0n) is 10.4. The van der Waals surface area contributed by atoms with Crippen molar-refractivity contribution in [1.29, 1.82) is 0 Å². The van der Waals surface area contributed by atoms with E-state index in [1.165, 1.54) is 31.2 Å². The molecule has 20 heavy (non-hydrogen) atoms. The van der Waals surface area contributed by atoms with Crippen LogP contribution in [-0.4, -0.2) is 26.6 Å². The van der Waals surface area contributed by atoms with Gasteiger partial charge >= 0.3 is 0 Å². The normalized spacial score (nSPS) is 21.1. The van der Waals surface area contributed by atoms with Gasteiger partial charge in [0, 0.05) is 12.6 Å². The standard InChI is InChI=1S/C10H12N6O3S/c1-7(17)14-8-2-4-9(5-3-8)20(18,19)16-10(11)12-6-13-15-10/h2-6,16H,11H2,1H3,(H,14,17). The summed E-state index contributed by atoms with van der Waals surface area (Å²) < 4.78 is 26.3. The Labute approximate surface area is 115 Å². The molecule has 0 fully saturated rings. The fourth-order valence-corrected chi connectivity index (χ4v) is 2.58. The van der Waals surface area contributed by atoms with Gasteiger partial charge in [-0.15, -0.1) is 10.2 Å². The summed E-state index contributed by atoms with van der Waals surface area (Å²) in [6, 6.07) is 5.57. The van der Waals surface area contributed by atoms with Gasteiger partial charge in [0.05, 0.1) is 4.90 Å². The van der Waals surface area contributed by atoms with Gasteiger partial charge in [0.2, 0.25) is 15.9 Å². The molecule has 1 amide bonds. The summed E-state index contributed by atoms with van der Waals surface area (Å²) in [7, 11) is -3.90. The van der Waals surface area contributed by atoms with Crippen molar-refractivity contribution in [1.82, 2.24) is 4.72 Å². The number of nitrogens with zero attached hydrogens (tertiary/aromatic N) is 3. The van der Waals surface area contributed by atoms with Gasteiger partial charge < -0.3 is 5.32 Å². The lowest BCUT2D eigenvalue weighted by atomic mass is 10.3. The topological polar surface area (TPSA) is 138 Å². The Balaban J connectivity index is 2.19. The van der Waals surface area contributed by atoms with Crippen molar-refractivity contribution in [3.8, 4) is 0 Å². The lowest BCUT2D eigenvalue weighted by Gasteiger charge is -2.17. The number of nitrogens with two attached hydrogens (primary N) is 1. The SMILES string of the molecule is CC(=O)Nc1ccc(S(=O)(=O)NC2(N)N=CN=N2)cc1. The first-order valence-electron chi connectivity index (χ1n) is 5.47. The highest BCUT2D eigenvalue weighted by atomic mass is 32.2. The minimum absolute atomic E-state index is 0.0336. The highest BCUT2D eigenvalue weighted by Crippen LogP contribution is 2.17. The maximum absolute atomic E-state index is 12.1. The quantitative estimate of drug-likeness (QED) is 0.672. The molecule has 0 aliphatic carbocycles. The highest BCUT2D eigenvalue weighted by molar-refractivity contribution is 7.89. The maximum atomic E-state index is 12.1. The monoisotopic (exact) mass is 296 g/mol. The average Bonchev–Trinajstić information content (AvgIpc) is 2.74. The van der Waals surface area contributed by atoms with Crippen LogP contribution in [0.3, 0.4) is 0 Å². The molecule has 10 heteroatoms. The molecule has 0 radical (unpaired) electrons. The largest absolute Gasteiger partial charge is 0.326 e. The highest BCUT2D eigenvalue weighted by Gasteiger charge is 2.32.